The van der Waals surface area contributed by atoms with Gasteiger partial charge >= 0.3 is 0 Å². The van der Waals surface area contributed by atoms with Crippen molar-refractivity contribution in [2.24, 2.45) is 0 Å². The molecule has 0 fully saturated rings. The summed E-state index contributed by atoms with van der Waals surface area (Å²) in [5.41, 5.74) is 0. The van der Waals surface area contributed by atoms with E-state index in [1.165, 1.54) is 18.2 Å². The van der Waals surface area contributed by atoms with Crippen molar-refractivity contribution in [3.8, 4) is 47.4 Å². The lowest BCUT2D eigenvalue weighted by atomic mass is 10.4. The van der Waals surface area contributed by atoms with Crippen LogP contribution in [0.15, 0.2) is 24.8 Å². The first-order chi connectivity index (χ1) is 6.91. The maximum absolute atomic E-state index is 9.80. The Bertz CT molecular complexity index is 462. The van der Waals surface area contributed by atoms with Gasteiger partial charge in [0.05, 0.1) is 0 Å². The van der Waals surface area contributed by atoms with Gasteiger partial charge in [-0.2, -0.15) is 0 Å². The molecule has 0 aliphatic rings. The second-order valence-electron chi connectivity index (χ2n) is 1.74. The maximum atomic E-state index is 9.80. The Morgan fingerprint density at radius 3 is 2.00 bits per heavy atom. The van der Waals surface area contributed by atoms with Crippen molar-refractivity contribution in [1.29, 1.82) is 0 Å². The second kappa shape index (κ2) is 10.4. The predicted molar refractivity (Wildman–Crippen MR) is 56.5 cm³/mol. The van der Waals surface area contributed by atoms with E-state index in [9.17, 15) is 4.79 Å². The van der Waals surface area contributed by atoms with E-state index in [0.717, 1.165) is 0 Å². The Hall–Kier alpha value is -2.61. The summed E-state index contributed by atoms with van der Waals surface area (Å²) >= 11 is 0. The molecule has 0 bridgehead atoms. The van der Waals surface area contributed by atoms with Gasteiger partial charge in [-0.25, -0.2) is 0 Å². The fraction of sp³-hybridized carbons (Fsp3) is 0. The van der Waals surface area contributed by atoms with Crippen LogP contribution in [-0.4, -0.2) is 6.29 Å². The molecule has 1 heteroatoms. The highest BCUT2D eigenvalue weighted by atomic mass is 16.1. The molecule has 0 aromatic heterocycles. The van der Waals surface area contributed by atoms with Gasteiger partial charge < -0.3 is 0 Å². The summed E-state index contributed by atoms with van der Waals surface area (Å²) in [5, 5.41) is 0. The SMILES string of the molecule is C=CC#CC#CC#CC#C/C=C/C=O. The molecule has 0 rings (SSSR count). The van der Waals surface area contributed by atoms with Crippen molar-refractivity contribution in [2.45, 2.75) is 0 Å². The van der Waals surface area contributed by atoms with Crippen molar-refractivity contribution in [3.63, 3.8) is 0 Å². The zero-order chi connectivity index (χ0) is 10.5. The molecule has 0 aliphatic carbocycles. The summed E-state index contributed by atoms with van der Waals surface area (Å²) in [6.07, 6.45) is 4.79. The first-order valence-corrected chi connectivity index (χ1v) is 3.64. The molecule has 0 atom stereocenters. The van der Waals surface area contributed by atoms with Crippen LogP contribution in [0.4, 0.5) is 0 Å². The van der Waals surface area contributed by atoms with Gasteiger partial charge in [0.2, 0.25) is 0 Å². The molecule has 64 valence electrons. The number of hydrogen-bond acceptors (Lipinski definition) is 1. The van der Waals surface area contributed by atoms with Crippen LogP contribution >= 0.6 is 0 Å². The number of allylic oxidation sites excluding steroid dienone is 3. The average molecular weight is 178 g/mol. The van der Waals surface area contributed by atoms with E-state index in [-0.39, 0.29) is 0 Å². The fourth-order valence-electron chi connectivity index (χ4n) is 0.377. The molecule has 0 saturated carbocycles. The first kappa shape index (κ1) is 11.4. The van der Waals surface area contributed by atoms with Crippen molar-refractivity contribution in [2.75, 3.05) is 0 Å². The van der Waals surface area contributed by atoms with Crippen LogP contribution in [-0.2, 0) is 4.79 Å². The highest BCUT2D eigenvalue weighted by molar-refractivity contribution is 5.65. The van der Waals surface area contributed by atoms with Gasteiger partial charge in [0.15, 0.2) is 0 Å². The van der Waals surface area contributed by atoms with Crippen LogP contribution in [0.25, 0.3) is 0 Å². The zero-order valence-electron chi connectivity index (χ0n) is 7.42. The number of carbonyl (C=O) groups is 1. The number of hydrogen-bond donors (Lipinski definition) is 0. The summed E-state index contributed by atoms with van der Waals surface area (Å²) in [6.45, 7) is 3.40. The van der Waals surface area contributed by atoms with Crippen LogP contribution in [0.2, 0.25) is 0 Å². The number of aldehydes is 1. The molecular weight excluding hydrogens is 172 g/mol. The molecule has 0 aliphatic heterocycles. The Morgan fingerprint density at radius 2 is 1.43 bits per heavy atom. The summed E-state index contributed by atoms with van der Waals surface area (Å²) in [6, 6.07) is 0. The van der Waals surface area contributed by atoms with Crippen molar-refractivity contribution < 1.29 is 4.79 Å². The quantitative estimate of drug-likeness (QED) is 0.332. The van der Waals surface area contributed by atoms with E-state index in [2.05, 4.69) is 53.9 Å². The standard InChI is InChI=1S/C13H6O/c1-2-3-4-5-6-7-8-9-10-11-12-13-14/h2,11-13H,1H2/b12-11+. The largest absolute Gasteiger partial charge is 0.299 e. The van der Waals surface area contributed by atoms with Crippen LogP contribution in [0.3, 0.4) is 0 Å². The normalized spacial score (nSPS) is 6.00. The number of carbonyl (C=O) groups excluding carboxylic acids is 1. The minimum Gasteiger partial charge on any atom is -0.299 e. The van der Waals surface area contributed by atoms with Gasteiger partial charge in [-0.3, -0.25) is 4.79 Å². The molecule has 0 spiro atoms. The zero-order valence-corrected chi connectivity index (χ0v) is 7.42. The minimum absolute atomic E-state index is 0.646. The highest BCUT2D eigenvalue weighted by Gasteiger charge is 1.58. The molecule has 0 aromatic carbocycles. The molecule has 0 N–H and O–H groups in total. The van der Waals surface area contributed by atoms with Crippen LogP contribution < -0.4 is 0 Å². The third-order valence-corrected chi connectivity index (χ3v) is 0.817. The molecule has 0 heterocycles. The van der Waals surface area contributed by atoms with Gasteiger partial charge in [-0.1, -0.05) is 18.4 Å². The topological polar surface area (TPSA) is 17.1 Å². The van der Waals surface area contributed by atoms with E-state index in [1.54, 1.807) is 0 Å². The van der Waals surface area contributed by atoms with Crippen molar-refractivity contribution in [3.05, 3.63) is 24.8 Å². The monoisotopic (exact) mass is 178 g/mol. The summed E-state index contributed by atoms with van der Waals surface area (Å²) in [4.78, 5) is 9.80. The summed E-state index contributed by atoms with van der Waals surface area (Å²) in [5.74, 6) is 20.0. The van der Waals surface area contributed by atoms with E-state index >= 15 is 0 Å². The molecule has 0 saturated heterocycles. The van der Waals surface area contributed by atoms with E-state index in [4.69, 9.17) is 0 Å². The highest BCUT2D eigenvalue weighted by Crippen LogP contribution is 1.62. The Balaban J connectivity index is 4.08. The van der Waals surface area contributed by atoms with E-state index in [1.807, 2.05) is 0 Å². The Kier molecular flexibility index (Phi) is 8.45. The molecule has 14 heavy (non-hydrogen) atoms. The van der Waals surface area contributed by atoms with Crippen LogP contribution in [0.1, 0.15) is 0 Å². The Morgan fingerprint density at radius 1 is 0.857 bits per heavy atom. The van der Waals surface area contributed by atoms with Gasteiger partial charge in [-0.05, 0) is 53.8 Å². The molecule has 0 amide bonds. The first-order valence-electron chi connectivity index (χ1n) is 3.64. The Labute approximate surface area is 83.9 Å². The van der Waals surface area contributed by atoms with Crippen molar-refractivity contribution in [1.82, 2.24) is 0 Å². The molecule has 0 radical (unpaired) electrons. The molecular formula is C13H6O. The maximum Gasteiger partial charge on any atom is 0.143 e. The minimum atomic E-state index is 0.646. The predicted octanol–water partition coefficient (Wildman–Crippen LogP) is 0.941. The molecule has 1 nitrogen and oxygen atoms in total. The fourth-order valence-corrected chi connectivity index (χ4v) is 0.377. The van der Waals surface area contributed by atoms with E-state index in [0.29, 0.717) is 6.29 Å². The molecule has 0 unspecified atom stereocenters. The van der Waals surface area contributed by atoms with Crippen LogP contribution in [0, 0.1) is 47.4 Å². The van der Waals surface area contributed by atoms with Crippen LogP contribution in [0.5, 0.6) is 0 Å². The lowest BCUT2D eigenvalue weighted by Gasteiger charge is -1.59. The summed E-state index contributed by atoms with van der Waals surface area (Å²) in [7, 11) is 0. The van der Waals surface area contributed by atoms with Crippen molar-refractivity contribution >= 4 is 6.29 Å². The second-order valence-corrected chi connectivity index (χ2v) is 1.74. The lowest BCUT2D eigenvalue weighted by Crippen LogP contribution is -1.57. The molecule has 0 aromatic rings. The van der Waals surface area contributed by atoms with E-state index < -0.39 is 0 Å². The van der Waals surface area contributed by atoms with Gasteiger partial charge in [-0.15, -0.1) is 0 Å². The lowest BCUT2D eigenvalue weighted by molar-refractivity contribution is -0.104. The van der Waals surface area contributed by atoms with Gasteiger partial charge in [0.1, 0.15) is 6.29 Å². The smallest absolute Gasteiger partial charge is 0.143 e. The number of rotatable bonds is 1. The third-order valence-electron chi connectivity index (χ3n) is 0.817. The third kappa shape index (κ3) is 9.39. The van der Waals surface area contributed by atoms with Gasteiger partial charge in [0.25, 0.3) is 0 Å². The summed E-state index contributed by atoms with van der Waals surface area (Å²) < 4.78 is 0. The van der Waals surface area contributed by atoms with Gasteiger partial charge in [0, 0.05) is 0 Å². The average Bonchev–Trinajstić information content (AvgIpc) is 2.21.